The van der Waals surface area contributed by atoms with Crippen molar-refractivity contribution in [3.05, 3.63) is 0 Å². The topological polar surface area (TPSA) is 67.2 Å². The summed E-state index contributed by atoms with van der Waals surface area (Å²) in [5.74, 6) is 2.27. The zero-order chi connectivity index (χ0) is 12.3. The highest BCUT2D eigenvalue weighted by Crippen LogP contribution is 2.63. The molecule has 2 aliphatic carbocycles. The van der Waals surface area contributed by atoms with E-state index in [9.17, 15) is 13.7 Å². The van der Waals surface area contributed by atoms with E-state index in [4.69, 9.17) is 4.74 Å². The molecule has 1 aliphatic heterocycles. The molecule has 0 aromatic heterocycles. The minimum atomic E-state index is -2.79. The number of hydrogen-bond donors (Lipinski definition) is 0. The SMILES string of the molecule is COCC1(C#N)C[C@@H]2[C@H](C1)[C@@H]1CS(=O)(=O)C[C@@H]21. The predicted octanol–water partition coefficient (Wildman–Crippen LogP) is 0.843. The molecule has 5 heteroatoms. The third-order valence-electron chi connectivity index (χ3n) is 5.00. The summed E-state index contributed by atoms with van der Waals surface area (Å²) >= 11 is 0. The number of fused-ring (bicyclic) bond motifs is 4. The van der Waals surface area contributed by atoms with Crippen LogP contribution < -0.4 is 0 Å². The van der Waals surface area contributed by atoms with Crippen LogP contribution in [0.4, 0.5) is 0 Å². The van der Waals surface area contributed by atoms with Gasteiger partial charge in [-0.2, -0.15) is 5.26 Å². The molecule has 1 saturated heterocycles. The molecule has 3 aliphatic rings. The van der Waals surface area contributed by atoms with Crippen molar-refractivity contribution in [3.8, 4) is 6.07 Å². The molecule has 94 valence electrons. The molecule has 0 aromatic rings. The van der Waals surface area contributed by atoms with E-state index in [2.05, 4.69) is 6.07 Å². The van der Waals surface area contributed by atoms with Crippen LogP contribution in [0.25, 0.3) is 0 Å². The maximum atomic E-state index is 11.6. The smallest absolute Gasteiger partial charge is 0.150 e. The van der Waals surface area contributed by atoms with Gasteiger partial charge in [0.2, 0.25) is 0 Å². The van der Waals surface area contributed by atoms with Crippen LogP contribution in [0.2, 0.25) is 0 Å². The van der Waals surface area contributed by atoms with Gasteiger partial charge in [0, 0.05) is 7.11 Å². The van der Waals surface area contributed by atoms with Crippen molar-refractivity contribution < 1.29 is 13.2 Å². The first-order valence-electron chi connectivity index (χ1n) is 6.11. The quantitative estimate of drug-likeness (QED) is 0.733. The first kappa shape index (κ1) is 11.5. The Balaban J connectivity index is 1.79. The fourth-order valence-electron chi connectivity index (χ4n) is 4.38. The second-order valence-electron chi connectivity index (χ2n) is 5.97. The molecular formula is C12H17NO3S. The monoisotopic (exact) mass is 255 g/mol. The minimum absolute atomic E-state index is 0.331. The van der Waals surface area contributed by atoms with E-state index in [0.717, 1.165) is 12.8 Å². The van der Waals surface area contributed by atoms with Gasteiger partial charge in [0.25, 0.3) is 0 Å². The van der Waals surface area contributed by atoms with Crippen molar-refractivity contribution in [2.75, 3.05) is 25.2 Å². The van der Waals surface area contributed by atoms with Gasteiger partial charge < -0.3 is 4.74 Å². The lowest BCUT2D eigenvalue weighted by Gasteiger charge is -2.43. The molecule has 0 amide bonds. The highest BCUT2D eigenvalue weighted by molar-refractivity contribution is 7.91. The molecule has 17 heavy (non-hydrogen) atoms. The zero-order valence-corrected chi connectivity index (χ0v) is 10.7. The van der Waals surface area contributed by atoms with Crippen molar-refractivity contribution >= 4 is 9.84 Å². The third-order valence-corrected chi connectivity index (χ3v) is 6.79. The maximum absolute atomic E-state index is 11.6. The van der Waals surface area contributed by atoms with E-state index < -0.39 is 9.84 Å². The standard InChI is InChI=1S/C12H17NO3S/c1-16-7-12(6-13)2-8-9(3-12)11-5-17(14,15)4-10(8)11/h8-11H,2-5,7H2,1H3/t8-,9+,10-,11-,12?/m0/s1. The Bertz CT molecular complexity index is 452. The first-order valence-corrected chi connectivity index (χ1v) is 7.93. The summed E-state index contributed by atoms with van der Waals surface area (Å²) < 4.78 is 28.3. The highest BCUT2D eigenvalue weighted by atomic mass is 32.2. The lowest BCUT2D eigenvalue weighted by Crippen LogP contribution is -2.42. The molecule has 1 unspecified atom stereocenters. The Labute approximate surface area is 102 Å². The van der Waals surface area contributed by atoms with Gasteiger partial charge in [0.1, 0.15) is 0 Å². The second kappa shape index (κ2) is 3.46. The van der Waals surface area contributed by atoms with Crippen LogP contribution in [-0.2, 0) is 14.6 Å². The van der Waals surface area contributed by atoms with E-state index in [1.54, 1.807) is 7.11 Å². The first-order chi connectivity index (χ1) is 8.00. The van der Waals surface area contributed by atoms with Crippen LogP contribution in [0.3, 0.4) is 0 Å². The number of nitriles is 1. The summed E-state index contributed by atoms with van der Waals surface area (Å²) in [5.41, 5.74) is -0.349. The fourth-order valence-corrected chi connectivity index (χ4v) is 6.68. The van der Waals surface area contributed by atoms with Gasteiger partial charge in [-0.25, -0.2) is 8.42 Å². The van der Waals surface area contributed by atoms with Gasteiger partial charge in [-0.05, 0) is 36.5 Å². The van der Waals surface area contributed by atoms with E-state index in [1.807, 2.05) is 0 Å². The summed E-state index contributed by atoms with van der Waals surface area (Å²) in [6.07, 6.45) is 1.66. The Kier molecular flexibility index (Phi) is 2.34. The van der Waals surface area contributed by atoms with E-state index >= 15 is 0 Å². The van der Waals surface area contributed by atoms with Crippen molar-refractivity contribution in [1.29, 1.82) is 5.26 Å². The molecule has 5 atom stereocenters. The Morgan fingerprint density at radius 2 is 1.76 bits per heavy atom. The van der Waals surface area contributed by atoms with Crippen molar-refractivity contribution in [2.45, 2.75) is 12.8 Å². The maximum Gasteiger partial charge on any atom is 0.150 e. The van der Waals surface area contributed by atoms with Crippen LogP contribution >= 0.6 is 0 Å². The lowest BCUT2D eigenvalue weighted by atomic mass is 9.60. The van der Waals surface area contributed by atoms with Gasteiger partial charge in [-0.1, -0.05) is 0 Å². The van der Waals surface area contributed by atoms with E-state index in [-0.39, 0.29) is 5.41 Å². The Morgan fingerprint density at radius 1 is 1.24 bits per heavy atom. The van der Waals surface area contributed by atoms with Gasteiger partial charge in [0.15, 0.2) is 9.84 Å². The Hall–Kier alpha value is -0.600. The van der Waals surface area contributed by atoms with Gasteiger partial charge in [-0.3, -0.25) is 0 Å². The molecule has 0 radical (unpaired) electrons. The van der Waals surface area contributed by atoms with Gasteiger partial charge in [-0.15, -0.1) is 0 Å². The van der Waals surface area contributed by atoms with Gasteiger partial charge in [0.05, 0.1) is 29.6 Å². The average molecular weight is 255 g/mol. The van der Waals surface area contributed by atoms with Crippen molar-refractivity contribution in [1.82, 2.24) is 0 Å². The third kappa shape index (κ3) is 1.54. The number of sulfone groups is 1. The normalized spacial score (nSPS) is 50.1. The molecule has 4 nitrogen and oxygen atoms in total. The van der Waals surface area contributed by atoms with Crippen LogP contribution in [0.5, 0.6) is 0 Å². The summed E-state index contributed by atoms with van der Waals surface area (Å²) in [7, 11) is -1.17. The zero-order valence-electron chi connectivity index (χ0n) is 9.93. The van der Waals surface area contributed by atoms with Crippen molar-refractivity contribution in [3.63, 3.8) is 0 Å². The largest absolute Gasteiger partial charge is 0.383 e. The summed E-state index contributed by atoms with van der Waals surface area (Å²) in [4.78, 5) is 0. The summed E-state index contributed by atoms with van der Waals surface area (Å²) in [5, 5.41) is 9.33. The van der Waals surface area contributed by atoms with Crippen LogP contribution in [0.1, 0.15) is 12.8 Å². The fraction of sp³-hybridized carbons (Fsp3) is 0.917. The molecule has 3 fully saturated rings. The van der Waals surface area contributed by atoms with Crippen LogP contribution in [0.15, 0.2) is 0 Å². The molecule has 0 aromatic carbocycles. The highest BCUT2D eigenvalue weighted by Gasteiger charge is 2.63. The number of hydrogen-bond acceptors (Lipinski definition) is 4. The molecule has 0 spiro atoms. The molecule has 0 bridgehead atoms. The lowest BCUT2D eigenvalue weighted by molar-refractivity contribution is 0.0462. The van der Waals surface area contributed by atoms with E-state index in [0.29, 0.717) is 41.8 Å². The van der Waals surface area contributed by atoms with Crippen LogP contribution in [0, 0.1) is 40.4 Å². The van der Waals surface area contributed by atoms with Crippen molar-refractivity contribution in [2.24, 2.45) is 29.1 Å². The number of ether oxygens (including phenoxy) is 1. The Morgan fingerprint density at radius 3 is 2.18 bits per heavy atom. The predicted molar refractivity (Wildman–Crippen MR) is 61.8 cm³/mol. The van der Waals surface area contributed by atoms with Gasteiger partial charge >= 0.3 is 0 Å². The minimum Gasteiger partial charge on any atom is -0.383 e. The summed E-state index contributed by atoms with van der Waals surface area (Å²) in [6, 6.07) is 2.41. The average Bonchev–Trinajstić information content (AvgIpc) is 2.74. The number of nitrogens with zero attached hydrogens (tertiary/aromatic N) is 1. The molecule has 3 rings (SSSR count). The summed E-state index contributed by atoms with van der Waals surface area (Å²) in [6.45, 7) is 0.489. The molecule has 1 heterocycles. The number of rotatable bonds is 2. The van der Waals surface area contributed by atoms with Crippen LogP contribution in [-0.4, -0.2) is 33.6 Å². The molecule has 0 N–H and O–H groups in total. The molecular weight excluding hydrogens is 238 g/mol. The number of methoxy groups -OCH3 is 1. The second-order valence-corrected chi connectivity index (χ2v) is 8.12. The van der Waals surface area contributed by atoms with E-state index in [1.165, 1.54) is 0 Å². The molecule has 2 saturated carbocycles.